The first-order valence-corrected chi connectivity index (χ1v) is 14.6. The number of thioether (sulfide) groups is 1. The molecule has 3 aromatic rings. The topological polar surface area (TPSA) is 102 Å². The fourth-order valence-electron chi connectivity index (χ4n) is 4.68. The number of carbonyl (C=O) groups excluding carboxylic acids is 4. The highest BCUT2D eigenvalue weighted by Gasteiger charge is 2.35. The van der Waals surface area contributed by atoms with Gasteiger partial charge in [0.1, 0.15) is 10.8 Å². The zero-order valence-corrected chi connectivity index (χ0v) is 23.8. The number of aryl methyl sites for hydroxylation is 1. The van der Waals surface area contributed by atoms with Gasteiger partial charge in [-0.1, -0.05) is 24.3 Å². The zero-order chi connectivity index (χ0) is 28.2. The number of thiophene rings is 1. The van der Waals surface area contributed by atoms with Crippen LogP contribution in [0.5, 0.6) is 5.75 Å². The molecule has 3 amide bonds. The normalized spacial score (nSPS) is 15.8. The number of rotatable bonds is 8. The van der Waals surface area contributed by atoms with E-state index in [2.05, 4.69) is 5.32 Å². The first kappa shape index (κ1) is 27.7. The summed E-state index contributed by atoms with van der Waals surface area (Å²) in [7, 11) is 1.58. The van der Waals surface area contributed by atoms with E-state index in [1.807, 2.05) is 12.1 Å². The van der Waals surface area contributed by atoms with Crippen molar-refractivity contribution < 1.29 is 28.7 Å². The number of methoxy groups -OCH3 is 1. The van der Waals surface area contributed by atoms with Crippen LogP contribution in [-0.2, 0) is 28.9 Å². The molecule has 0 bridgehead atoms. The van der Waals surface area contributed by atoms with Crippen LogP contribution in [0.3, 0.4) is 0 Å². The SMILES string of the molecule is CCOC(=O)c1c(NC(=O)c2ccc(CN3C(=O)S/C(=C\c4ccc(OC)cc4)C3=O)cc2)sc2c1CCCC2. The Kier molecular flexibility index (Phi) is 8.37. The minimum absolute atomic E-state index is 0.0944. The van der Waals surface area contributed by atoms with Crippen LogP contribution in [-0.4, -0.2) is 41.6 Å². The predicted octanol–water partition coefficient (Wildman–Crippen LogP) is 6.30. The summed E-state index contributed by atoms with van der Waals surface area (Å²) in [6.07, 6.45) is 5.44. The third-order valence-corrected chi connectivity index (χ3v) is 8.84. The molecular weight excluding hydrogens is 548 g/mol. The number of nitrogens with one attached hydrogen (secondary N) is 1. The Morgan fingerprint density at radius 2 is 1.75 bits per heavy atom. The summed E-state index contributed by atoms with van der Waals surface area (Å²) in [4.78, 5) is 54.0. The van der Waals surface area contributed by atoms with Gasteiger partial charge in [-0.3, -0.25) is 19.3 Å². The number of esters is 1. The van der Waals surface area contributed by atoms with Crippen LogP contribution in [0, 0.1) is 0 Å². The van der Waals surface area contributed by atoms with Crippen molar-refractivity contribution in [2.45, 2.75) is 39.2 Å². The summed E-state index contributed by atoms with van der Waals surface area (Å²) in [5, 5.41) is 3.07. The lowest BCUT2D eigenvalue weighted by atomic mass is 9.95. The number of imide groups is 1. The number of hydrogen-bond donors (Lipinski definition) is 1. The monoisotopic (exact) mass is 576 g/mol. The van der Waals surface area contributed by atoms with Crippen molar-refractivity contribution in [3.63, 3.8) is 0 Å². The quantitative estimate of drug-likeness (QED) is 0.248. The van der Waals surface area contributed by atoms with Gasteiger partial charge in [0.2, 0.25) is 0 Å². The Balaban J connectivity index is 1.27. The number of anilines is 1. The van der Waals surface area contributed by atoms with Crippen molar-refractivity contribution >= 4 is 57.2 Å². The van der Waals surface area contributed by atoms with Gasteiger partial charge < -0.3 is 14.8 Å². The van der Waals surface area contributed by atoms with Crippen molar-refractivity contribution in [1.82, 2.24) is 4.90 Å². The van der Waals surface area contributed by atoms with Gasteiger partial charge in [0, 0.05) is 10.4 Å². The fraction of sp³-hybridized carbons (Fsp3) is 0.267. The highest BCUT2D eigenvalue weighted by Crippen LogP contribution is 2.39. The van der Waals surface area contributed by atoms with E-state index >= 15 is 0 Å². The molecule has 0 spiro atoms. The molecule has 1 N–H and O–H groups in total. The van der Waals surface area contributed by atoms with Gasteiger partial charge in [0.15, 0.2) is 0 Å². The maximum Gasteiger partial charge on any atom is 0.341 e. The average Bonchev–Trinajstić information content (AvgIpc) is 3.45. The first-order chi connectivity index (χ1) is 19.4. The van der Waals surface area contributed by atoms with Crippen LogP contribution < -0.4 is 10.1 Å². The molecule has 0 saturated carbocycles. The van der Waals surface area contributed by atoms with Crippen LogP contribution in [0.2, 0.25) is 0 Å². The molecule has 2 heterocycles. The van der Waals surface area contributed by atoms with Crippen LogP contribution in [0.4, 0.5) is 9.80 Å². The Morgan fingerprint density at radius 1 is 1.02 bits per heavy atom. The third kappa shape index (κ3) is 5.83. The van der Waals surface area contributed by atoms with Gasteiger partial charge in [0.05, 0.1) is 30.7 Å². The molecule has 2 aromatic carbocycles. The van der Waals surface area contributed by atoms with E-state index in [0.717, 1.165) is 53.4 Å². The molecule has 1 aliphatic heterocycles. The van der Waals surface area contributed by atoms with Crippen LogP contribution >= 0.6 is 23.1 Å². The zero-order valence-electron chi connectivity index (χ0n) is 22.2. The molecule has 2 aliphatic rings. The molecule has 1 fully saturated rings. The number of carbonyl (C=O) groups is 4. The minimum Gasteiger partial charge on any atom is -0.497 e. The molecule has 40 heavy (non-hydrogen) atoms. The van der Waals surface area contributed by atoms with E-state index in [1.54, 1.807) is 56.5 Å². The summed E-state index contributed by atoms with van der Waals surface area (Å²) >= 11 is 2.34. The lowest BCUT2D eigenvalue weighted by Crippen LogP contribution is -2.27. The molecule has 5 rings (SSSR count). The van der Waals surface area contributed by atoms with E-state index in [1.165, 1.54) is 16.2 Å². The smallest absolute Gasteiger partial charge is 0.341 e. The minimum atomic E-state index is -0.411. The van der Waals surface area contributed by atoms with Gasteiger partial charge >= 0.3 is 5.97 Å². The summed E-state index contributed by atoms with van der Waals surface area (Å²) in [5.74, 6) is -0.410. The Morgan fingerprint density at radius 3 is 2.45 bits per heavy atom. The second-order valence-corrected chi connectivity index (χ2v) is 11.4. The van der Waals surface area contributed by atoms with Gasteiger partial charge in [-0.05, 0) is 91.4 Å². The number of amides is 3. The molecule has 1 saturated heterocycles. The second-order valence-electron chi connectivity index (χ2n) is 9.33. The van der Waals surface area contributed by atoms with Crippen LogP contribution in [0.25, 0.3) is 6.08 Å². The summed E-state index contributed by atoms with van der Waals surface area (Å²) in [5.41, 5.74) is 3.35. The van der Waals surface area contributed by atoms with E-state index < -0.39 is 5.97 Å². The van der Waals surface area contributed by atoms with Gasteiger partial charge in [-0.2, -0.15) is 0 Å². The highest BCUT2D eigenvalue weighted by atomic mass is 32.2. The molecule has 1 aromatic heterocycles. The van der Waals surface area contributed by atoms with Crippen molar-refractivity contribution in [1.29, 1.82) is 0 Å². The maximum absolute atomic E-state index is 13.1. The van der Waals surface area contributed by atoms with Gasteiger partial charge in [-0.25, -0.2) is 4.79 Å². The molecule has 10 heteroatoms. The van der Waals surface area contributed by atoms with Crippen LogP contribution in [0.1, 0.15) is 62.0 Å². The van der Waals surface area contributed by atoms with Gasteiger partial charge in [0.25, 0.3) is 17.1 Å². The van der Waals surface area contributed by atoms with E-state index in [9.17, 15) is 19.2 Å². The van der Waals surface area contributed by atoms with E-state index in [-0.39, 0.29) is 30.2 Å². The number of nitrogens with zero attached hydrogens (tertiary/aromatic N) is 1. The number of fused-ring (bicyclic) bond motifs is 1. The van der Waals surface area contributed by atoms with E-state index in [0.29, 0.717) is 32.3 Å². The molecule has 8 nitrogen and oxygen atoms in total. The Labute approximate surface area is 240 Å². The fourth-order valence-corrected chi connectivity index (χ4v) is 6.79. The Bertz CT molecular complexity index is 1490. The van der Waals surface area contributed by atoms with Crippen molar-refractivity contribution in [3.05, 3.63) is 86.1 Å². The molecule has 0 unspecified atom stereocenters. The Hall–Kier alpha value is -3.89. The average molecular weight is 577 g/mol. The molecule has 0 radical (unpaired) electrons. The molecule has 1 aliphatic carbocycles. The third-order valence-electron chi connectivity index (χ3n) is 6.72. The molecular formula is C30H28N2O6S2. The largest absolute Gasteiger partial charge is 0.497 e. The second kappa shape index (κ2) is 12.1. The molecule has 0 atom stereocenters. The number of benzene rings is 2. The van der Waals surface area contributed by atoms with Gasteiger partial charge in [-0.15, -0.1) is 11.3 Å². The van der Waals surface area contributed by atoms with Crippen LogP contribution in [0.15, 0.2) is 53.4 Å². The first-order valence-electron chi connectivity index (χ1n) is 13.0. The predicted molar refractivity (Wildman–Crippen MR) is 156 cm³/mol. The lowest BCUT2D eigenvalue weighted by molar-refractivity contribution is -0.123. The van der Waals surface area contributed by atoms with Crippen molar-refractivity contribution in [2.24, 2.45) is 0 Å². The molecule has 206 valence electrons. The summed E-state index contributed by atoms with van der Waals surface area (Å²) in [6.45, 7) is 2.12. The highest BCUT2D eigenvalue weighted by molar-refractivity contribution is 8.18. The summed E-state index contributed by atoms with van der Waals surface area (Å²) in [6, 6.07) is 13.9. The number of hydrogen-bond acceptors (Lipinski definition) is 8. The van der Waals surface area contributed by atoms with Crippen molar-refractivity contribution in [3.8, 4) is 5.75 Å². The maximum atomic E-state index is 13.1. The van der Waals surface area contributed by atoms with E-state index in [4.69, 9.17) is 9.47 Å². The lowest BCUT2D eigenvalue weighted by Gasteiger charge is -2.13. The van der Waals surface area contributed by atoms with Crippen molar-refractivity contribution in [2.75, 3.05) is 19.0 Å². The number of ether oxygens (including phenoxy) is 2. The summed E-state index contributed by atoms with van der Waals surface area (Å²) < 4.78 is 10.4. The standard InChI is InChI=1S/C30H28N2O6S2/c1-3-38-29(35)25-22-6-4-5-7-23(22)39-27(25)31-26(33)20-12-8-19(9-13-20)17-32-28(34)24(40-30(32)36)16-18-10-14-21(37-2)15-11-18/h8-16H,3-7,17H2,1-2H3,(H,31,33)/b24-16-.